The van der Waals surface area contributed by atoms with Crippen LogP contribution in [0.15, 0.2) is 42.5 Å². The van der Waals surface area contributed by atoms with Crippen molar-refractivity contribution in [3.05, 3.63) is 48.0 Å². The van der Waals surface area contributed by atoms with Crippen molar-refractivity contribution in [2.45, 2.75) is 25.2 Å². The Morgan fingerprint density at radius 1 is 0.947 bits per heavy atom. The zero-order valence-electron chi connectivity index (χ0n) is 10.8. The van der Waals surface area contributed by atoms with Crippen molar-refractivity contribution in [3.63, 3.8) is 0 Å². The molecule has 1 aliphatic heterocycles. The molecule has 2 amide bonds. The highest BCUT2D eigenvalue weighted by molar-refractivity contribution is 5.99. The predicted molar refractivity (Wildman–Crippen MR) is 73.7 cm³/mol. The maximum atomic E-state index is 11.6. The minimum absolute atomic E-state index is 0.188. The predicted octanol–water partition coefficient (Wildman–Crippen LogP) is 2.53. The van der Waals surface area contributed by atoms with Gasteiger partial charge in [-0.3, -0.25) is 14.9 Å². The fourth-order valence-corrected chi connectivity index (χ4v) is 2.78. The van der Waals surface area contributed by atoms with Gasteiger partial charge in [0, 0.05) is 18.3 Å². The highest BCUT2D eigenvalue weighted by Gasteiger charge is 2.37. The Hall–Kier alpha value is -2.16. The number of piperidine rings is 1. The van der Waals surface area contributed by atoms with E-state index in [4.69, 9.17) is 0 Å². The largest absolute Gasteiger partial charge is 0.296 e. The minimum Gasteiger partial charge on any atom is -0.296 e. The average Bonchev–Trinajstić information content (AvgIpc) is 2.36. The van der Waals surface area contributed by atoms with Gasteiger partial charge in [0.05, 0.1) is 0 Å². The molecule has 0 bridgehead atoms. The fraction of sp³-hybridized carbons (Fsp3) is 0.250. The quantitative estimate of drug-likeness (QED) is 0.794. The van der Waals surface area contributed by atoms with E-state index in [0.29, 0.717) is 12.8 Å². The molecule has 1 heterocycles. The lowest BCUT2D eigenvalue weighted by Gasteiger charge is -2.32. The third kappa shape index (κ3) is 2.12. The molecule has 0 spiro atoms. The summed E-state index contributed by atoms with van der Waals surface area (Å²) in [4.78, 5) is 23.2. The summed E-state index contributed by atoms with van der Waals surface area (Å²) >= 11 is 0. The van der Waals surface area contributed by atoms with E-state index in [0.717, 1.165) is 10.9 Å². The standard InChI is InChI=1S/C16H15NO2/c1-16(9-14(18)17-15(19)10-16)13-7-6-11-4-2-3-5-12(11)8-13/h2-8H,9-10H2,1H3,(H,17,18,19). The second-order valence-corrected chi connectivity index (χ2v) is 5.45. The first-order chi connectivity index (χ1) is 9.07. The first kappa shape index (κ1) is 11.9. The molecule has 1 aliphatic rings. The minimum atomic E-state index is -0.399. The first-order valence-electron chi connectivity index (χ1n) is 6.39. The van der Waals surface area contributed by atoms with Crippen molar-refractivity contribution >= 4 is 22.6 Å². The van der Waals surface area contributed by atoms with Crippen LogP contribution in [0, 0.1) is 0 Å². The van der Waals surface area contributed by atoms with Gasteiger partial charge >= 0.3 is 0 Å². The Labute approximate surface area is 111 Å². The van der Waals surface area contributed by atoms with Crippen LogP contribution in [-0.2, 0) is 15.0 Å². The van der Waals surface area contributed by atoms with Gasteiger partial charge in [-0.25, -0.2) is 0 Å². The molecule has 3 nitrogen and oxygen atoms in total. The Morgan fingerprint density at radius 2 is 1.58 bits per heavy atom. The monoisotopic (exact) mass is 253 g/mol. The number of hydrogen-bond donors (Lipinski definition) is 1. The van der Waals surface area contributed by atoms with Gasteiger partial charge in [0.2, 0.25) is 11.8 Å². The maximum Gasteiger partial charge on any atom is 0.227 e. The van der Waals surface area contributed by atoms with E-state index < -0.39 is 5.41 Å². The normalized spacial score (nSPS) is 18.4. The van der Waals surface area contributed by atoms with Gasteiger partial charge in [0.25, 0.3) is 0 Å². The Balaban J connectivity index is 2.07. The molecular formula is C16H15NO2. The summed E-state index contributed by atoms with van der Waals surface area (Å²) in [5.74, 6) is -0.376. The van der Waals surface area contributed by atoms with Gasteiger partial charge in [-0.1, -0.05) is 49.4 Å². The Morgan fingerprint density at radius 3 is 2.26 bits per heavy atom. The van der Waals surface area contributed by atoms with Crippen molar-refractivity contribution in [1.82, 2.24) is 5.32 Å². The lowest BCUT2D eigenvalue weighted by atomic mass is 9.74. The lowest BCUT2D eigenvalue weighted by Crippen LogP contribution is -2.45. The van der Waals surface area contributed by atoms with Gasteiger partial charge in [0.15, 0.2) is 0 Å². The lowest BCUT2D eigenvalue weighted by molar-refractivity contribution is -0.135. The SMILES string of the molecule is CC1(c2ccc3ccccc3c2)CC(=O)NC(=O)C1. The molecule has 0 radical (unpaired) electrons. The summed E-state index contributed by atoms with van der Waals surface area (Å²) in [6, 6.07) is 14.3. The van der Waals surface area contributed by atoms with Gasteiger partial charge in [0.1, 0.15) is 0 Å². The molecule has 1 N–H and O–H groups in total. The van der Waals surface area contributed by atoms with Crippen LogP contribution in [0.3, 0.4) is 0 Å². The van der Waals surface area contributed by atoms with E-state index >= 15 is 0 Å². The van der Waals surface area contributed by atoms with Gasteiger partial charge in [-0.15, -0.1) is 0 Å². The molecular weight excluding hydrogens is 238 g/mol. The van der Waals surface area contributed by atoms with Crippen LogP contribution < -0.4 is 5.32 Å². The Bertz CT molecular complexity index is 659. The molecule has 0 aliphatic carbocycles. The number of hydrogen-bond acceptors (Lipinski definition) is 2. The van der Waals surface area contributed by atoms with Crippen molar-refractivity contribution < 1.29 is 9.59 Å². The van der Waals surface area contributed by atoms with Crippen LogP contribution >= 0.6 is 0 Å². The number of amides is 2. The molecule has 19 heavy (non-hydrogen) atoms. The molecule has 2 aromatic rings. The molecule has 0 unspecified atom stereocenters. The summed E-state index contributed by atoms with van der Waals surface area (Å²) in [7, 11) is 0. The molecule has 1 fully saturated rings. The highest BCUT2D eigenvalue weighted by atomic mass is 16.2. The molecule has 2 aromatic carbocycles. The maximum absolute atomic E-state index is 11.6. The molecule has 1 saturated heterocycles. The third-order valence-corrected chi connectivity index (χ3v) is 3.83. The van der Waals surface area contributed by atoms with E-state index in [2.05, 4.69) is 17.4 Å². The fourth-order valence-electron chi connectivity index (χ4n) is 2.78. The van der Waals surface area contributed by atoms with Crippen molar-refractivity contribution in [2.24, 2.45) is 0 Å². The summed E-state index contributed by atoms with van der Waals surface area (Å²) in [6.45, 7) is 1.98. The van der Waals surface area contributed by atoms with E-state index in [1.54, 1.807) is 0 Å². The van der Waals surface area contributed by atoms with Gasteiger partial charge in [-0.05, 0) is 16.3 Å². The number of carbonyl (C=O) groups is 2. The van der Waals surface area contributed by atoms with E-state index in [1.807, 2.05) is 37.3 Å². The highest BCUT2D eigenvalue weighted by Crippen LogP contribution is 2.35. The summed E-state index contributed by atoms with van der Waals surface area (Å²) in [6.07, 6.45) is 0.716. The van der Waals surface area contributed by atoms with E-state index in [1.165, 1.54) is 5.39 Å². The molecule has 96 valence electrons. The summed E-state index contributed by atoms with van der Waals surface area (Å²) in [5, 5.41) is 4.67. The number of nitrogens with one attached hydrogen (secondary N) is 1. The average molecular weight is 253 g/mol. The van der Waals surface area contributed by atoms with E-state index in [-0.39, 0.29) is 11.8 Å². The van der Waals surface area contributed by atoms with Crippen molar-refractivity contribution in [2.75, 3.05) is 0 Å². The number of rotatable bonds is 1. The summed E-state index contributed by atoms with van der Waals surface area (Å²) < 4.78 is 0. The number of carbonyl (C=O) groups excluding carboxylic acids is 2. The number of imide groups is 1. The first-order valence-corrected chi connectivity index (χ1v) is 6.39. The molecule has 3 rings (SSSR count). The molecule has 0 saturated carbocycles. The van der Waals surface area contributed by atoms with Gasteiger partial charge in [-0.2, -0.15) is 0 Å². The number of fused-ring (bicyclic) bond motifs is 1. The second kappa shape index (κ2) is 4.19. The molecule has 0 aromatic heterocycles. The smallest absolute Gasteiger partial charge is 0.227 e. The van der Waals surface area contributed by atoms with Crippen molar-refractivity contribution in [1.29, 1.82) is 0 Å². The molecule has 3 heteroatoms. The zero-order valence-corrected chi connectivity index (χ0v) is 10.8. The second-order valence-electron chi connectivity index (χ2n) is 5.45. The van der Waals surface area contributed by atoms with Crippen LogP contribution in [0.25, 0.3) is 10.8 Å². The van der Waals surface area contributed by atoms with Crippen LogP contribution in [0.1, 0.15) is 25.3 Å². The van der Waals surface area contributed by atoms with Crippen LogP contribution in [0.5, 0.6) is 0 Å². The van der Waals surface area contributed by atoms with Crippen LogP contribution in [0.4, 0.5) is 0 Å². The topological polar surface area (TPSA) is 46.2 Å². The summed E-state index contributed by atoms with van der Waals surface area (Å²) in [5.41, 5.74) is 0.651. The Kier molecular flexibility index (Phi) is 2.63. The zero-order chi connectivity index (χ0) is 13.5. The third-order valence-electron chi connectivity index (χ3n) is 3.83. The van der Waals surface area contributed by atoms with Crippen LogP contribution in [0.2, 0.25) is 0 Å². The number of benzene rings is 2. The van der Waals surface area contributed by atoms with Crippen molar-refractivity contribution in [3.8, 4) is 0 Å². The van der Waals surface area contributed by atoms with Gasteiger partial charge < -0.3 is 0 Å². The molecule has 0 atom stereocenters. The van der Waals surface area contributed by atoms with E-state index in [9.17, 15) is 9.59 Å². The van der Waals surface area contributed by atoms with Crippen LogP contribution in [-0.4, -0.2) is 11.8 Å².